The van der Waals surface area contributed by atoms with Crippen LogP contribution < -0.4 is 19.1 Å². The molecule has 0 aliphatic carbocycles. The summed E-state index contributed by atoms with van der Waals surface area (Å²) in [5.74, 6) is 1.90. The average Bonchev–Trinajstić information content (AvgIpc) is 2.99. The summed E-state index contributed by atoms with van der Waals surface area (Å²) in [7, 11) is -1.94. The van der Waals surface area contributed by atoms with Gasteiger partial charge in [-0.05, 0) is 36.4 Å². The third kappa shape index (κ3) is 3.74. The maximum absolute atomic E-state index is 13.1. The minimum atomic E-state index is -3.57. The first kappa shape index (κ1) is 18.9. The number of fused-ring (bicyclic) bond motifs is 1. The fraction of sp³-hybridized carbons (Fsp3) is 0.400. The topological polar surface area (TPSA) is 68.3 Å². The highest BCUT2D eigenvalue weighted by molar-refractivity contribution is 7.89. The summed E-state index contributed by atoms with van der Waals surface area (Å²) in [5, 5.41) is 0. The van der Waals surface area contributed by atoms with Crippen LogP contribution in [0.5, 0.6) is 17.2 Å². The van der Waals surface area contributed by atoms with Crippen LogP contribution in [0.1, 0.15) is 6.42 Å². The lowest BCUT2D eigenvalue weighted by atomic mass is 10.2. The molecule has 0 spiro atoms. The third-order valence-electron chi connectivity index (χ3n) is 5.03. The molecule has 0 bridgehead atoms. The highest BCUT2D eigenvalue weighted by atomic mass is 32.2. The van der Waals surface area contributed by atoms with E-state index < -0.39 is 10.0 Å². The zero-order valence-electron chi connectivity index (χ0n) is 15.8. The molecule has 0 aromatic heterocycles. The van der Waals surface area contributed by atoms with Crippen LogP contribution in [0.15, 0.2) is 47.4 Å². The molecule has 2 aliphatic rings. The van der Waals surface area contributed by atoms with E-state index in [1.807, 2.05) is 24.3 Å². The van der Waals surface area contributed by atoms with Crippen LogP contribution >= 0.6 is 0 Å². The van der Waals surface area contributed by atoms with Crippen LogP contribution in [0.25, 0.3) is 0 Å². The van der Waals surface area contributed by atoms with Crippen LogP contribution in [0.4, 0.5) is 5.69 Å². The predicted molar refractivity (Wildman–Crippen MR) is 106 cm³/mol. The highest BCUT2D eigenvalue weighted by Crippen LogP contribution is 2.33. The van der Waals surface area contributed by atoms with E-state index in [2.05, 4.69) is 4.90 Å². The summed E-state index contributed by atoms with van der Waals surface area (Å²) >= 11 is 0. The maximum Gasteiger partial charge on any atom is 0.243 e. The fourth-order valence-corrected chi connectivity index (χ4v) is 4.87. The van der Waals surface area contributed by atoms with Crippen molar-refractivity contribution < 1.29 is 22.6 Å². The van der Waals surface area contributed by atoms with Crippen LogP contribution in [-0.4, -0.2) is 59.2 Å². The normalized spacial score (nSPS) is 17.8. The van der Waals surface area contributed by atoms with Gasteiger partial charge in [0.15, 0.2) is 11.5 Å². The van der Waals surface area contributed by atoms with E-state index >= 15 is 0 Å². The molecule has 0 amide bonds. The Kier molecular flexibility index (Phi) is 5.32. The van der Waals surface area contributed by atoms with Gasteiger partial charge in [0.1, 0.15) is 5.75 Å². The van der Waals surface area contributed by atoms with E-state index in [0.717, 1.165) is 17.9 Å². The number of hydrogen-bond donors (Lipinski definition) is 0. The van der Waals surface area contributed by atoms with E-state index in [-0.39, 0.29) is 4.90 Å². The van der Waals surface area contributed by atoms with Crippen LogP contribution in [-0.2, 0) is 10.0 Å². The lowest BCUT2D eigenvalue weighted by Gasteiger charge is -2.35. The van der Waals surface area contributed by atoms with E-state index in [1.54, 1.807) is 25.3 Å². The van der Waals surface area contributed by atoms with Gasteiger partial charge in [-0.15, -0.1) is 0 Å². The Bertz CT molecular complexity index is 922. The molecule has 150 valence electrons. The van der Waals surface area contributed by atoms with Gasteiger partial charge in [-0.1, -0.05) is 0 Å². The minimum Gasteiger partial charge on any atom is -0.497 e. The monoisotopic (exact) mass is 404 g/mol. The first-order valence-corrected chi connectivity index (χ1v) is 10.8. The summed E-state index contributed by atoms with van der Waals surface area (Å²) in [6.07, 6.45) is 0.782. The van der Waals surface area contributed by atoms with Crippen LogP contribution in [0.3, 0.4) is 0 Å². The van der Waals surface area contributed by atoms with Gasteiger partial charge in [0.25, 0.3) is 0 Å². The number of nitrogens with zero attached hydrogens (tertiary/aromatic N) is 2. The molecular weight excluding hydrogens is 380 g/mol. The van der Waals surface area contributed by atoms with E-state index in [1.165, 1.54) is 4.31 Å². The zero-order chi connectivity index (χ0) is 19.6. The predicted octanol–water partition coefficient (Wildman–Crippen LogP) is 2.37. The second kappa shape index (κ2) is 7.89. The average molecular weight is 404 g/mol. The van der Waals surface area contributed by atoms with Crippen LogP contribution in [0, 0.1) is 0 Å². The molecule has 8 heteroatoms. The maximum atomic E-state index is 13.1. The van der Waals surface area contributed by atoms with Gasteiger partial charge < -0.3 is 19.1 Å². The van der Waals surface area contributed by atoms with Crippen molar-refractivity contribution in [1.82, 2.24) is 4.31 Å². The number of sulfonamides is 1. The largest absolute Gasteiger partial charge is 0.497 e. The van der Waals surface area contributed by atoms with E-state index in [4.69, 9.17) is 14.2 Å². The summed E-state index contributed by atoms with van der Waals surface area (Å²) in [5.41, 5.74) is 1.06. The number of ether oxygens (including phenoxy) is 3. The Morgan fingerprint density at radius 1 is 0.893 bits per heavy atom. The molecule has 1 saturated heterocycles. The van der Waals surface area contributed by atoms with Gasteiger partial charge in [0.05, 0.1) is 25.2 Å². The van der Waals surface area contributed by atoms with Crippen molar-refractivity contribution in [3.05, 3.63) is 42.5 Å². The number of anilines is 1. The molecule has 0 saturated carbocycles. The van der Waals surface area contributed by atoms with Crippen molar-refractivity contribution in [3.8, 4) is 17.2 Å². The first-order chi connectivity index (χ1) is 13.6. The molecule has 4 rings (SSSR count). The van der Waals surface area contributed by atoms with Crippen molar-refractivity contribution in [2.45, 2.75) is 11.3 Å². The Balaban J connectivity index is 1.46. The number of piperazine rings is 1. The summed E-state index contributed by atoms with van der Waals surface area (Å²) < 4.78 is 44.1. The number of methoxy groups -OCH3 is 1. The van der Waals surface area contributed by atoms with Gasteiger partial charge in [-0.2, -0.15) is 4.31 Å². The molecular formula is C20H24N2O5S. The van der Waals surface area contributed by atoms with Crippen molar-refractivity contribution in [2.75, 3.05) is 51.4 Å². The second-order valence-electron chi connectivity index (χ2n) is 6.75. The molecule has 28 heavy (non-hydrogen) atoms. The summed E-state index contributed by atoms with van der Waals surface area (Å²) in [6, 6.07) is 12.7. The van der Waals surface area contributed by atoms with Crippen molar-refractivity contribution in [3.63, 3.8) is 0 Å². The fourth-order valence-electron chi connectivity index (χ4n) is 3.43. The van der Waals surface area contributed by atoms with Gasteiger partial charge in [-0.3, -0.25) is 0 Å². The van der Waals surface area contributed by atoms with Crippen molar-refractivity contribution in [1.29, 1.82) is 0 Å². The minimum absolute atomic E-state index is 0.245. The first-order valence-electron chi connectivity index (χ1n) is 9.37. The Labute approximate surface area is 165 Å². The molecule has 7 nitrogen and oxygen atoms in total. The number of benzene rings is 2. The van der Waals surface area contributed by atoms with Gasteiger partial charge >= 0.3 is 0 Å². The molecule has 1 fully saturated rings. The van der Waals surface area contributed by atoms with Gasteiger partial charge in [-0.25, -0.2) is 8.42 Å². The molecule has 2 aromatic carbocycles. The van der Waals surface area contributed by atoms with Crippen molar-refractivity contribution >= 4 is 15.7 Å². The Hall–Kier alpha value is -2.45. The highest BCUT2D eigenvalue weighted by Gasteiger charge is 2.29. The molecule has 2 aliphatic heterocycles. The third-order valence-corrected chi connectivity index (χ3v) is 6.93. The molecule has 2 heterocycles. The lowest BCUT2D eigenvalue weighted by Crippen LogP contribution is -2.48. The number of hydrogen-bond acceptors (Lipinski definition) is 6. The van der Waals surface area contributed by atoms with E-state index in [9.17, 15) is 8.42 Å². The molecule has 0 unspecified atom stereocenters. The second-order valence-corrected chi connectivity index (χ2v) is 8.69. The quantitative estimate of drug-likeness (QED) is 0.779. The lowest BCUT2D eigenvalue weighted by molar-refractivity contribution is 0.296. The summed E-state index contributed by atoms with van der Waals surface area (Å²) in [4.78, 5) is 2.43. The SMILES string of the molecule is COc1ccc(N2CCN(S(=O)(=O)c3ccc4c(c3)OCCCO4)CC2)cc1. The zero-order valence-corrected chi connectivity index (χ0v) is 16.7. The van der Waals surface area contributed by atoms with Gasteiger partial charge in [0, 0.05) is 44.4 Å². The van der Waals surface area contributed by atoms with Crippen LogP contribution in [0.2, 0.25) is 0 Å². The van der Waals surface area contributed by atoms with Gasteiger partial charge in [0.2, 0.25) is 10.0 Å². The number of rotatable bonds is 4. The van der Waals surface area contributed by atoms with Crippen molar-refractivity contribution in [2.24, 2.45) is 0 Å². The van der Waals surface area contributed by atoms with E-state index in [0.29, 0.717) is 50.9 Å². The smallest absolute Gasteiger partial charge is 0.243 e. The molecule has 2 aromatic rings. The molecule has 0 N–H and O–H groups in total. The molecule has 0 atom stereocenters. The standard InChI is InChI=1S/C20H24N2O5S/c1-25-17-5-3-16(4-6-17)21-9-11-22(12-10-21)28(23,24)18-7-8-19-20(15-18)27-14-2-13-26-19/h3-8,15H,2,9-14H2,1H3. The Morgan fingerprint density at radius 2 is 1.57 bits per heavy atom. The summed E-state index contributed by atoms with van der Waals surface area (Å²) in [6.45, 7) is 3.24. The molecule has 0 radical (unpaired) electrons. The Morgan fingerprint density at radius 3 is 2.25 bits per heavy atom.